The van der Waals surface area contributed by atoms with Crippen molar-refractivity contribution >= 4 is 69.1 Å². The Morgan fingerprint density at radius 1 is 0.821 bits per heavy atom. The molecule has 0 saturated carbocycles. The average Bonchev–Trinajstić information content (AvgIpc) is 3.27. The lowest BCUT2D eigenvalue weighted by atomic mass is 10.1. The van der Waals surface area contributed by atoms with Crippen LogP contribution in [0.25, 0.3) is 10.9 Å². The molecule has 0 fully saturated rings. The van der Waals surface area contributed by atoms with Gasteiger partial charge in [0.05, 0.1) is 30.4 Å². The van der Waals surface area contributed by atoms with Crippen molar-refractivity contribution in [2.75, 3.05) is 31.5 Å². The molecule has 4 aromatic rings. The van der Waals surface area contributed by atoms with E-state index in [0.717, 1.165) is 5.56 Å². The van der Waals surface area contributed by atoms with Gasteiger partial charge in [-0.3, -0.25) is 19.8 Å². The highest BCUT2D eigenvalue weighted by Crippen LogP contribution is 2.29. The van der Waals surface area contributed by atoms with Gasteiger partial charge in [0.1, 0.15) is 5.69 Å². The Balaban J connectivity index is 1.49. The van der Waals surface area contributed by atoms with E-state index in [1.54, 1.807) is 49.6 Å². The van der Waals surface area contributed by atoms with Crippen LogP contribution < -0.4 is 25.5 Å². The van der Waals surface area contributed by atoms with E-state index in [-0.39, 0.29) is 17.3 Å². The Hall–Kier alpha value is -3.92. The zero-order valence-electron chi connectivity index (χ0n) is 20.8. The molecule has 0 aliphatic rings. The predicted molar refractivity (Wildman–Crippen MR) is 152 cm³/mol. The molecule has 0 spiro atoms. The Bertz CT molecular complexity index is 1570. The van der Waals surface area contributed by atoms with Gasteiger partial charge in [0.25, 0.3) is 5.91 Å². The normalized spacial score (nSPS) is 10.7. The van der Waals surface area contributed by atoms with Crippen molar-refractivity contribution in [2.45, 2.75) is 6.42 Å². The van der Waals surface area contributed by atoms with Crippen LogP contribution in [0.5, 0.6) is 11.5 Å². The first-order valence-electron chi connectivity index (χ1n) is 11.6. The monoisotopic (exact) mass is 588 g/mol. The number of amides is 3. The number of benzene rings is 3. The lowest BCUT2D eigenvalue weighted by molar-refractivity contribution is -0.136. The molecule has 1 aromatic heterocycles. The minimum Gasteiger partial charge on any atom is -0.493 e. The summed E-state index contributed by atoms with van der Waals surface area (Å²) < 4.78 is 11.7. The number of ether oxygens (including phenoxy) is 2. The van der Waals surface area contributed by atoms with Crippen molar-refractivity contribution < 1.29 is 23.9 Å². The van der Waals surface area contributed by atoms with Gasteiger partial charge in [-0.15, -0.1) is 0 Å². The van der Waals surface area contributed by atoms with Crippen LogP contribution in [0.3, 0.4) is 0 Å². The molecular weight excluding hydrogens is 567 g/mol. The van der Waals surface area contributed by atoms with E-state index in [2.05, 4.69) is 16.1 Å². The number of nitrogens with zero attached hydrogens (tertiary/aromatic N) is 1. The van der Waals surface area contributed by atoms with E-state index in [9.17, 15) is 14.4 Å². The van der Waals surface area contributed by atoms with Crippen molar-refractivity contribution in [2.24, 2.45) is 0 Å². The molecule has 0 unspecified atom stereocenters. The fraction of sp³-hybridized carbons (Fsp3) is 0.148. The molecule has 202 valence electrons. The highest BCUT2D eigenvalue weighted by Gasteiger charge is 2.21. The molecule has 39 heavy (non-hydrogen) atoms. The fourth-order valence-corrected chi connectivity index (χ4v) is 4.48. The molecular formula is C27H23Cl3N4O5. The van der Waals surface area contributed by atoms with Gasteiger partial charge >= 0.3 is 11.8 Å². The van der Waals surface area contributed by atoms with E-state index in [1.807, 2.05) is 6.07 Å². The standard InChI is InChI=1S/C27H23Cl3N4O5/c1-38-23-8-3-15(11-24(23)39-2)9-10-31-26(36)27(37)33-34-21-7-5-17(28)12-16(21)13-22(34)25(35)32-20-6-4-18(29)14-19(20)30/h3-8,11-14H,9-10H2,1-2H3,(H,31,36)(H,32,35)(H,33,37). The molecule has 0 atom stereocenters. The van der Waals surface area contributed by atoms with E-state index >= 15 is 0 Å². The summed E-state index contributed by atoms with van der Waals surface area (Å²) >= 11 is 18.2. The Morgan fingerprint density at radius 3 is 2.26 bits per heavy atom. The van der Waals surface area contributed by atoms with Gasteiger partial charge in [-0.25, -0.2) is 4.68 Å². The smallest absolute Gasteiger partial charge is 0.328 e. The predicted octanol–water partition coefficient (Wildman–Crippen LogP) is 5.30. The molecule has 0 bridgehead atoms. The highest BCUT2D eigenvalue weighted by molar-refractivity contribution is 6.38. The van der Waals surface area contributed by atoms with Crippen LogP contribution in [0.15, 0.2) is 60.7 Å². The summed E-state index contributed by atoms with van der Waals surface area (Å²) in [6.45, 7) is 0.187. The summed E-state index contributed by atoms with van der Waals surface area (Å²) in [7, 11) is 3.08. The summed E-state index contributed by atoms with van der Waals surface area (Å²) in [5.74, 6) is -1.28. The van der Waals surface area contributed by atoms with Gasteiger partial charge in [0.15, 0.2) is 11.5 Å². The largest absolute Gasteiger partial charge is 0.493 e. The first-order valence-corrected chi connectivity index (χ1v) is 12.7. The van der Waals surface area contributed by atoms with Crippen molar-refractivity contribution in [3.8, 4) is 11.5 Å². The topological polar surface area (TPSA) is 111 Å². The number of halogens is 3. The summed E-state index contributed by atoms with van der Waals surface area (Å²) in [4.78, 5) is 38.6. The number of carbonyl (C=O) groups is 3. The molecule has 3 aromatic carbocycles. The first-order chi connectivity index (χ1) is 18.7. The Morgan fingerprint density at radius 2 is 1.54 bits per heavy atom. The van der Waals surface area contributed by atoms with Crippen LogP contribution in [0.4, 0.5) is 5.69 Å². The minimum absolute atomic E-state index is 0.0461. The number of hydrogen-bond acceptors (Lipinski definition) is 5. The second kappa shape index (κ2) is 12.3. The maximum Gasteiger partial charge on any atom is 0.328 e. The van der Waals surface area contributed by atoms with Gasteiger partial charge < -0.3 is 20.1 Å². The zero-order valence-corrected chi connectivity index (χ0v) is 23.1. The van der Waals surface area contributed by atoms with Crippen molar-refractivity contribution in [3.05, 3.63) is 87.0 Å². The molecule has 0 aliphatic heterocycles. The van der Waals surface area contributed by atoms with Gasteiger partial charge in [-0.05, 0) is 66.6 Å². The van der Waals surface area contributed by atoms with Crippen LogP contribution >= 0.6 is 34.8 Å². The molecule has 4 rings (SSSR count). The molecule has 1 heterocycles. The van der Waals surface area contributed by atoms with Crippen molar-refractivity contribution in [1.82, 2.24) is 9.99 Å². The van der Waals surface area contributed by atoms with Gasteiger partial charge in [-0.2, -0.15) is 0 Å². The van der Waals surface area contributed by atoms with Crippen molar-refractivity contribution in [3.63, 3.8) is 0 Å². The van der Waals surface area contributed by atoms with Crippen LogP contribution in [0.1, 0.15) is 16.1 Å². The molecule has 0 saturated heterocycles. The van der Waals surface area contributed by atoms with E-state index in [1.165, 1.54) is 23.9 Å². The molecule has 3 N–H and O–H groups in total. The van der Waals surface area contributed by atoms with Gasteiger partial charge in [-0.1, -0.05) is 40.9 Å². The summed E-state index contributed by atoms with van der Waals surface area (Å²) in [6.07, 6.45) is 0.444. The maximum atomic E-state index is 13.2. The Labute approximate surface area is 238 Å². The number of carbonyl (C=O) groups excluding carboxylic acids is 3. The maximum absolute atomic E-state index is 13.2. The fourth-order valence-electron chi connectivity index (χ4n) is 3.84. The first kappa shape index (κ1) is 28.1. The van der Waals surface area contributed by atoms with Crippen LogP contribution in [-0.4, -0.2) is 43.2 Å². The number of anilines is 1. The number of aromatic nitrogens is 1. The van der Waals surface area contributed by atoms with E-state index < -0.39 is 17.7 Å². The van der Waals surface area contributed by atoms with E-state index in [0.29, 0.717) is 44.6 Å². The molecule has 3 amide bonds. The van der Waals surface area contributed by atoms with Crippen LogP contribution in [0, 0.1) is 0 Å². The lowest BCUT2D eigenvalue weighted by Crippen LogP contribution is -2.40. The third-order valence-corrected chi connectivity index (χ3v) is 6.53. The summed E-state index contributed by atoms with van der Waals surface area (Å²) in [5, 5.41) is 6.92. The third kappa shape index (κ3) is 6.57. The van der Waals surface area contributed by atoms with Crippen molar-refractivity contribution in [1.29, 1.82) is 0 Å². The number of hydrogen-bond donors (Lipinski definition) is 3. The van der Waals surface area contributed by atoms with Gasteiger partial charge in [0, 0.05) is 22.0 Å². The molecule has 0 radical (unpaired) electrons. The highest BCUT2D eigenvalue weighted by atomic mass is 35.5. The second-order valence-electron chi connectivity index (χ2n) is 8.28. The quantitative estimate of drug-likeness (QED) is 0.242. The third-order valence-electron chi connectivity index (χ3n) is 5.74. The lowest BCUT2D eigenvalue weighted by Gasteiger charge is -2.13. The molecule has 9 nitrogen and oxygen atoms in total. The molecule has 12 heteroatoms. The molecule has 0 aliphatic carbocycles. The summed E-state index contributed by atoms with van der Waals surface area (Å²) in [5.41, 5.74) is 4.20. The number of methoxy groups -OCH3 is 2. The number of nitrogens with one attached hydrogen (secondary N) is 3. The van der Waals surface area contributed by atoms with E-state index in [4.69, 9.17) is 44.3 Å². The SMILES string of the molecule is COc1ccc(CCNC(=O)C(=O)Nn2c(C(=O)Nc3ccc(Cl)cc3Cl)cc3cc(Cl)ccc32)cc1OC. The summed E-state index contributed by atoms with van der Waals surface area (Å²) in [6, 6.07) is 16.4. The van der Waals surface area contributed by atoms with Gasteiger partial charge in [0.2, 0.25) is 0 Å². The number of rotatable bonds is 8. The minimum atomic E-state index is -0.965. The van der Waals surface area contributed by atoms with Crippen LogP contribution in [-0.2, 0) is 16.0 Å². The number of fused-ring (bicyclic) bond motifs is 1. The average molecular weight is 590 g/mol. The second-order valence-corrected chi connectivity index (χ2v) is 9.56. The zero-order chi connectivity index (χ0) is 28.1. The van der Waals surface area contributed by atoms with Crippen LogP contribution in [0.2, 0.25) is 15.1 Å². The Kier molecular flexibility index (Phi) is 8.86.